The molecule has 0 aliphatic carbocycles. The number of nitro groups is 1. The Kier molecular flexibility index (Phi) is 5.12. The van der Waals surface area contributed by atoms with Gasteiger partial charge in [-0.25, -0.2) is 0 Å². The Morgan fingerprint density at radius 1 is 1.07 bits per heavy atom. The van der Waals surface area contributed by atoms with Crippen molar-refractivity contribution in [3.05, 3.63) is 76.0 Å². The van der Waals surface area contributed by atoms with Crippen molar-refractivity contribution in [3.63, 3.8) is 0 Å². The van der Waals surface area contributed by atoms with E-state index in [4.69, 9.17) is 0 Å². The molecule has 0 N–H and O–H groups in total. The third kappa shape index (κ3) is 3.76. The summed E-state index contributed by atoms with van der Waals surface area (Å²) >= 11 is 0. The normalized spacial score (nSPS) is 14.2. The van der Waals surface area contributed by atoms with Gasteiger partial charge in [0.1, 0.15) is 5.69 Å². The second kappa shape index (κ2) is 7.87. The topological polar surface area (TPSA) is 79.6 Å². The van der Waals surface area contributed by atoms with Crippen molar-refractivity contribution in [1.82, 2.24) is 9.88 Å². The Bertz CT molecular complexity index is 1070. The predicted molar refractivity (Wildman–Crippen MR) is 112 cm³/mol. The molecule has 1 aromatic heterocycles. The van der Waals surface area contributed by atoms with Crippen molar-refractivity contribution in [2.45, 2.75) is 13.3 Å². The van der Waals surface area contributed by atoms with Crippen LogP contribution in [0, 0.1) is 17.0 Å². The van der Waals surface area contributed by atoms with Gasteiger partial charge in [-0.1, -0.05) is 24.3 Å². The number of fused-ring (bicyclic) bond motifs is 1. The van der Waals surface area contributed by atoms with Gasteiger partial charge in [-0.05, 0) is 42.3 Å². The van der Waals surface area contributed by atoms with Gasteiger partial charge in [-0.15, -0.1) is 0 Å². The Labute approximate surface area is 168 Å². The maximum atomic E-state index is 12.7. The molecule has 0 atom stereocenters. The average Bonchev–Trinajstić information content (AvgIpc) is 2.74. The fourth-order valence-corrected chi connectivity index (χ4v) is 3.85. The fraction of sp³-hybridized carbons (Fsp3) is 0.273. The molecule has 0 radical (unpaired) electrons. The SMILES string of the molecule is Cc1ccccc1CC(=O)N1CCN(c2ccc3ncccc3c2[N+](=O)[O-])CC1. The highest BCUT2D eigenvalue weighted by Gasteiger charge is 2.27. The summed E-state index contributed by atoms with van der Waals surface area (Å²) < 4.78 is 0. The van der Waals surface area contributed by atoms with Gasteiger partial charge >= 0.3 is 5.69 Å². The third-order valence-electron chi connectivity index (χ3n) is 5.49. The molecule has 1 amide bonds. The Morgan fingerprint density at radius 2 is 1.83 bits per heavy atom. The monoisotopic (exact) mass is 390 g/mol. The van der Waals surface area contributed by atoms with E-state index in [1.807, 2.05) is 47.1 Å². The van der Waals surface area contributed by atoms with Crippen LogP contribution in [0.1, 0.15) is 11.1 Å². The number of hydrogen-bond acceptors (Lipinski definition) is 5. The molecule has 1 aliphatic rings. The lowest BCUT2D eigenvalue weighted by Crippen LogP contribution is -2.49. The summed E-state index contributed by atoms with van der Waals surface area (Å²) in [5.74, 6) is 0.0937. The first kappa shape index (κ1) is 18.9. The van der Waals surface area contributed by atoms with Crippen molar-refractivity contribution >= 4 is 28.2 Å². The molecule has 4 rings (SSSR count). The Morgan fingerprint density at radius 3 is 2.55 bits per heavy atom. The molecule has 2 aromatic carbocycles. The van der Waals surface area contributed by atoms with Gasteiger partial charge in [-0.3, -0.25) is 19.9 Å². The van der Waals surface area contributed by atoms with E-state index in [0.29, 0.717) is 49.2 Å². The largest absolute Gasteiger partial charge is 0.362 e. The van der Waals surface area contributed by atoms with Gasteiger partial charge < -0.3 is 9.80 Å². The first-order valence-corrected chi connectivity index (χ1v) is 9.64. The zero-order chi connectivity index (χ0) is 20.4. The lowest BCUT2D eigenvalue weighted by atomic mass is 10.0. The molecule has 7 heteroatoms. The summed E-state index contributed by atoms with van der Waals surface area (Å²) in [6, 6.07) is 14.9. The predicted octanol–water partition coefficient (Wildman–Crippen LogP) is 3.34. The molecule has 1 aliphatic heterocycles. The smallest absolute Gasteiger partial charge is 0.301 e. The van der Waals surface area contributed by atoms with E-state index in [2.05, 4.69) is 4.98 Å². The lowest BCUT2D eigenvalue weighted by molar-refractivity contribution is -0.382. The number of benzene rings is 2. The number of anilines is 1. The van der Waals surface area contributed by atoms with Crippen LogP contribution < -0.4 is 4.90 Å². The summed E-state index contributed by atoms with van der Waals surface area (Å²) in [6.45, 7) is 4.23. The van der Waals surface area contributed by atoms with Crippen LogP contribution in [-0.2, 0) is 11.2 Å². The number of hydrogen-bond donors (Lipinski definition) is 0. The Balaban J connectivity index is 1.50. The van der Waals surface area contributed by atoms with Gasteiger partial charge in [0.25, 0.3) is 0 Å². The van der Waals surface area contributed by atoms with E-state index in [1.54, 1.807) is 24.4 Å². The molecule has 29 heavy (non-hydrogen) atoms. The molecule has 0 unspecified atom stereocenters. The molecule has 148 valence electrons. The van der Waals surface area contributed by atoms with Crippen LogP contribution in [0.15, 0.2) is 54.7 Å². The highest BCUT2D eigenvalue weighted by molar-refractivity contribution is 5.94. The van der Waals surface area contributed by atoms with Crippen molar-refractivity contribution in [1.29, 1.82) is 0 Å². The van der Waals surface area contributed by atoms with Crippen molar-refractivity contribution in [2.75, 3.05) is 31.1 Å². The number of carbonyl (C=O) groups is 1. The third-order valence-corrected chi connectivity index (χ3v) is 5.49. The molecule has 7 nitrogen and oxygen atoms in total. The zero-order valence-corrected chi connectivity index (χ0v) is 16.2. The van der Waals surface area contributed by atoms with E-state index in [1.165, 1.54) is 0 Å². The van der Waals surface area contributed by atoms with Gasteiger partial charge in [0.15, 0.2) is 0 Å². The summed E-state index contributed by atoms with van der Waals surface area (Å²) in [6.07, 6.45) is 2.01. The van der Waals surface area contributed by atoms with E-state index in [9.17, 15) is 14.9 Å². The molecular weight excluding hydrogens is 368 g/mol. The lowest BCUT2D eigenvalue weighted by Gasteiger charge is -2.36. The van der Waals surface area contributed by atoms with Gasteiger partial charge in [-0.2, -0.15) is 0 Å². The van der Waals surface area contributed by atoms with E-state index >= 15 is 0 Å². The highest BCUT2D eigenvalue weighted by Crippen LogP contribution is 2.35. The van der Waals surface area contributed by atoms with Gasteiger partial charge in [0.2, 0.25) is 5.91 Å². The van der Waals surface area contributed by atoms with Gasteiger partial charge in [0, 0.05) is 32.4 Å². The molecule has 0 saturated carbocycles. The minimum Gasteiger partial charge on any atom is -0.362 e. The molecule has 3 aromatic rings. The minimum atomic E-state index is -0.338. The standard InChI is InChI=1S/C22H22N4O3/c1-16-5-2-3-6-17(16)15-21(27)25-13-11-24(12-14-25)20-9-8-19-18(7-4-10-23-19)22(20)26(28)29/h2-10H,11-15H2,1H3. The minimum absolute atomic E-state index is 0.0790. The number of pyridine rings is 1. The van der Waals surface area contributed by atoms with Crippen molar-refractivity contribution < 1.29 is 9.72 Å². The Hall–Kier alpha value is -3.48. The fourth-order valence-electron chi connectivity index (χ4n) is 3.85. The number of nitrogens with zero attached hydrogens (tertiary/aromatic N) is 4. The second-order valence-corrected chi connectivity index (χ2v) is 7.23. The molecule has 1 saturated heterocycles. The summed E-state index contributed by atoms with van der Waals surface area (Å²) in [5, 5.41) is 12.3. The summed E-state index contributed by atoms with van der Waals surface area (Å²) in [7, 11) is 0. The quantitative estimate of drug-likeness (QED) is 0.504. The molecule has 1 fully saturated rings. The van der Waals surface area contributed by atoms with E-state index in [0.717, 1.165) is 11.1 Å². The van der Waals surface area contributed by atoms with Crippen LogP contribution in [0.4, 0.5) is 11.4 Å². The molecule has 0 spiro atoms. The first-order chi connectivity index (χ1) is 14.0. The van der Waals surface area contributed by atoms with Crippen molar-refractivity contribution in [3.8, 4) is 0 Å². The van der Waals surface area contributed by atoms with Crippen LogP contribution in [0.25, 0.3) is 10.9 Å². The molecular formula is C22H22N4O3. The molecule has 0 bridgehead atoms. The number of amides is 1. The van der Waals surface area contributed by atoms with Crippen LogP contribution in [0.2, 0.25) is 0 Å². The number of carbonyl (C=O) groups excluding carboxylic acids is 1. The second-order valence-electron chi connectivity index (χ2n) is 7.23. The van der Waals surface area contributed by atoms with Gasteiger partial charge in [0.05, 0.1) is 22.2 Å². The van der Waals surface area contributed by atoms with Crippen LogP contribution >= 0.6 is 0 Å². The number of nitro benzene ring substituents is 1. The number of rotatable bonds is 4. The van der Waals surface area contributed by atoms with Crippen LogP contribution in [0.3, 0.4) is 0 Å². The maximum absolute atomic E-state index is 12.7. The molecule has 2 heterocycles. The van der Waals surface area contributed by atoms with Crippen LogP contribution in [-0.4, -0.2) is 46.9 Å². The van der Waals surface area contributed by atoms with Crippen molar-refractivity contribution in [2.24, 2.45) is 0 Å². The average molecular weight is 390 g/mol. The first-order valence-electron chi connectivity index (χ1n) is 9.64. The number of aryl methyl sites for hydroxylation is 1. The van der Waals surface area contributed by atoms with Crippen LogP contribution in [0.5, 0.6) is 0 Å². The van der Waals surface area contributed by atoms with E-state index in [-0.39, 0.29) is 16.5 Å². The van der Waals surface area contributed by atoms with E-state index < -0.39 is 0 Å². The maximum Gasteiger partial charge on any atom is 0.301 e. The summed E-state index contributed by atoms with van der Waals surface area (Å²) in [5.41, 5.74) is 3.42. The highest BCUT2D eigenvalue weighted by atomic mass is 16.6. The number of aromatic nitrogens is 1. The summed E-state index contributed by atoms with van der Waals surface area (Å²) in [4.78, 5) is 32.2. The zero-order valence-electron chi connectivity index (χ0n) is 16.2. The number of piperazine rings is 1.